The predicted octanol–water partition coefficient (Wildman–Crippen LogP) is 0.422. The van der Waals surface area contributed by atoms with Gasteiger partial charge in [-0.1, -0.05) is 0 Å². The van der Waals surface area contributed by atoms with Crippen LogP contribution < -0.4 is 10.5 Å². The molecule has 1 aromatic rings. The van der Waals surface area contributed by atoms with E-state index in [4.69, 9.17) is 10.5 Å². The molecule has 0 aliphatic rings. The lowest BCUT2D eigenvalue weighted by Gasteiger charge is -1.90. The molecule has 9 heavy (non-hydrogen) atoms. The molecule has 0 spiro atoms. The summed E-state index contributed by atoms with van der Waals surface area (Å²) in [5.41, 5.74) is 5.87. The van der Waals surface area contributed by atoms with Crippen molar-refractivity contribution in [3.05, 3.63) is 6.20 Å². The summed E-state index contributed by atoms with van der Waals surface area (Å²) in [4.78, 5) is 0. The molecule has 0 fully saturated rings. The van der Waals surface area contributed by atoms with Crippen molar-refractivity contribution in [2.45, 2.75) is 0 Å². The maximum Gasteiger partial charge on any atom is 0.255 e. The van der Waals surface area contributed by atoms with Crippen molar-refractivity contribution >= 4 is 18.1 Å². The molecule has 4 nitrogen and oxygen atoms in total. The van der Waals surface area contributed by atoms with Crippen LogP contribution in [0, 0.1) is 0 Å². The molecule has 0 amide bonds. The number of rotatable bonds is 1. The number of hydrogen-bond donors (Lipinski definition) is 2. The Balaban J connectivity index is 0.000000640. The molecule has 5 heteroatoms. The molecule has 0 saturated heterocycles. The SMILES string of the molecule is COc1n[nH]cc1N.Cl. The van der Waals surface area contributed by atoms with Crippen LogP contribution in [0.4, 0.5) is 5.69 Å². The number of H-pyrrole nitrogens is 1. The first-order valence-electron chi connectivity index (χ1n) is 2.18. The summed E-state index contributed by atoms with van der Waals surface area (Å²) in [6, 6.07) is 0. The second-order valence-electron chi connectivity index (χ2n) is 1.35. The van der Waals surface area contributed by atoms with Gasteiger partial charge in [0.05, 0.1) is 7.11 Å². The first-order chi connectivity index (χ1) is 3.84. The Morgan fingerprint density at radius 3 is 2.67 bits per heavy atom. The molecule has 1 aromatic heterocycles. The third-order valence-electron chi connectivity index (χ3n) is 0.826. The van der Waals surface area contributed by atoms with Crippen LogP contribution in [0.1, 0.15) is 0 Å². The first-order valence-corrected chi connectivity index (χ1v) is 2.18. The lowest BCUT2D eigenvalue weighted by Crippen LogP contribution is -1.87. The number of ether oxygens (including phenoxy) is 1. The van der Waals surface area contributed by atoms with Gasteiger partial charge < -0.3 is 10.5 Å². The number of nitrogens with two attached hydrogens (primary N) is 1. The molecule has 0 atom stereocenters. The van der Waals surface area contributed by atoms with Crippen LogP contribution in [-0.4, -0.2) is 17.3 Å². The highest BCUT2D eigenvalue weighted by atomic mass is 35.5. The van der Waals surface area contributed by atoms with E-state index < -0.39 is 0 Å². The van der Waals surface area contributed by atoms with E-state index in [9.17, 15) is 0 Å². The zero-order valence-electron chi connectivity index (χ0n) is 4.92. The van der Waals surface area contributed by atoms with E-state index in [-0.39, 0.29) is 12.4 Å². The number of nitrogens with one attached hydrogen (secondary N) is 1. The van der Waals surface area contributed by atoms with Crippen molar-refractivity contribution in [1.82, 2.24) is 10.2 Å². The largest absolute Gasteiger partial charge is 0.478 e. The van der Waals surface area contributed by atoms with Gasteiger partial charge in [-0.25, -0.2) is 0 Å². The van der Waals surface area contributed by atoms with Crippen LogP contribution in [0.3, 0.4) is 0 Å². The molecule has 3 N–H and O–H groups in total. The maximum absolute atomic E-state index is 5.33. The highest BCUT2D eigenvalue weighted by Gasteiger charge is 1.96. The number of nitrogen functional groups attached to an aromatic ring is 1. The Morgan fingerprint density at radius 2 is 2.44 bits per heavy atom. The number of hydrogen-bond acceptors (Lipinski definition) is 3. The Labute approximate surface area is 58.8 Å². The summed E-state index contributed by atoms with van der Waals surface area (Å²) >= 11 is 0. The number of halogens is 1. The van der Waals surface area contributed by atoms with Crippen LogP contribution in [0.15, 0.2) is 6.20 Å². The molecule has 0 aliphatic carbocycles. The van der Waals surface area contributed by atoms with E-state index >= 15 is 0 Å². The smallest absolute Gasteiger partial charge is 0.255 e. The molecular weight excluding hydrogens is 142 g/mol. The van der Waals surface area contributed by atoms with Crippen LogP contribution in [0.5, 0.6) is 5.88 Å². The molecule has 0 bridgehead atoms. The van der Waals surface area contributed by atoms with Gasteiger partial charge in [0.15, 0.2) is 0 Å². The topological polar surface area (TPSA) is 63.9 Å². The molecule has 1 rings (SSSR count). The van der Waals surface area contributed by atoms with E-state index in [1.807, 2.05) is 0 Å². The quantitative estimate of drug-likeness (QED) is 0.609. The van der Waals surface area contributed by atoms with Crippen LogP contribution >= 0.6 is 12.4 Å². The van der Waals surface area contributed by atoms with Gasteiger partial charge in [-0.05, 0) is 0 Å². The second kappa shape index (κ2) is 3.19. The molecular formula is C4H8ClN3O. The molecule has 0 aliphatic heterocycles. The lowest BCUT2D eigenvalue weighted by atomic mass is 10.6. The minimum atomic E-state index is 0. The number of aromatic nitrogens is 2. The van der Waals surface area contributed by atoms with E-state index in [2.05, 4.69) is 10.2 Å². The lowest BCUT2D eigenvalue weighted by molar-refractivity contribution is 0.399. The molecule has 0 saturated carbocycles. The summed E-state index contributed by atoms with van der Waals surface area (Å²) < 4.78 is 4.72. The Bertz CT molecular complexity index is 176. The Hall–Kier alpha value is -0.900. The highest BCUT2D eigenvalue weighted by Crippen LogP contribution is 2.13. The van der Waals surface area contributed by atoms with Crippen LogP contribution in [0.25, 0.3) is 0 Å². The number of aromatic amines is 1. The average molecular weight is 150 g/mol. The minimum absolute atomic E-state index is 0. The standard InChI is InChI=1S/C4H7N3O.ClH/c1-8-4-3(5)2-6-7-4;/h2H,5H2,1H3,(H,6,7);1H. The van der Waals surface area contributed by atoms with Gasteiger partial charge in [-0.15, -0.1) is 17.5 Å². The molecule has 1 heterocycles. The Morgan fingerprint density at radius 1 is 1.78 bits per heavy atom. The van der Waals surface area contributed by atoms with Crippen LogP contribution in [-0.2, 0) is 0 Å². The van der Waals surface area contributed by atoms with Crippen molar-refractivity contribution in [3.8, 4) is 5.88 Å². The van der Waals surface area contributed by atoms with Crippen LogP contribution in [0.2, 0.25) is 0 Å². The molecule has 0 aromatic carbocycles. The third-order valence-corrected chi connectivity index (χ3v) is 0.826. The zero-order chi connectivity index (χ0) is 5.98. The van der Waals surface area contributed by atoms with E-state index in [1.165, 1.54) is 7.11 Å². The number of nitrogens with zero attached hydrogens (tertiary/aromatic N) is 1. The van der Waals surface area contributed by atoms with Gasteiger partial charge in [0, 0.05) is 6.20 Å². The summed E-state index contributed by atoms with van der Waals surface area (Å²) in [5.74, 6) is 0.449. The van der Waals surface area contributed by atoms with Crippen molar-refractivity contribution in [2.24, 2.45) is 0 Å². The summed E-state index contributed by atoms with van der Waals surface area (Å²) in [6.45, 7) is 0. The average Bonchev–Trinajstić information content (AvgIpc) is 2.14. The van der Waals surface area contributed by atoms with Gasteiger partial charge in [-0.2, -0.15) is 0 Å². The van der Waals surface area contributed by atoms with Gasteiger partial charge in [0.25, 0.3) is 5.88 Å². The summed E-state index contributed by atoms with van der Waals surface area (Å²) in [6.07, 6.45) is 1.57. The predicted molar refractivity (Wildman–Crippen MR) is 36.8 cm³/mol. The van der Waals surface area contributed by atoms with Crippen molar-refractivity contribution in [3.63, 3.8) is 0 Å². The second-order valence-corrected chi connectivity index (χ2v) is 1.35. The maximum atomic E-state index is 5.33. The summed E-state index contributed by atoms with van der Waals surface area (Å²) in [5, 5.41) is 6.21. The fraction of sp³-hybridized carbons (Fsp3) is 0.250. The Kier molecular flexibility index (Phi) is 2.87. The van der Waals surface area contributed by atoms with Gasteiger partial charge >= 0.3 is 0 Å². The third kappa shape index (κ3) is 1.50. The highest BCUT2D eigenvalue weighted by molar-refractivity contribution is 5.85. The summed E-state index contributed by atoms with van der Waals surface area (Å²) in [7, 11) is 1.52. The van der Waals surface area contributed by atoms with Gasteiger partial charge in [0.1, 0.15) is 5.69 Å². The van der Waals surface area contributed by atoms with Gasteiger partial charge in [-0.3, -0.25) is 5.10 Å². The fourth-order valence-electron chi connectivity index (χ4n) is 0.450. The van der Waals surface area contributed by atoms with E-state index in [1.54, 1.807) is 6.20 Å². The monoisotopic (exact) mass is 149 g/mol. The molecule has 0 radical (unpaired) electrons. The number of methoxy groups -OCH3 is 1. The fourth-order valence-corrected chi connectivity index (χ4v) is 0.450. The normalized spacial score (nSPS) is 8.11. The van der Waals surface area contributed by atoms with E-state index in [0.717, 1.165) is 0 Å². The van der Waals surface area contributed by atoms with Crippen molar-refractivity contribution in [1.29, 1.82) is 0 Å². The minimum Gasteiger partial charge on any atom is -0.478 e. The zero-order valence-corrected chi connectivity index (χ0v) is 5.73. The van der Waals surface area contributed by atoms with E-state index in [0.29, 0.717) is 11.6 Å². The first kappa shape index (κ1) is 8.10. The molecule has 0 unspecified atom stereocenters. The molecule has 52 valence electrons. The number of anilines is 1. The van der Waals surface area contributed by atoms with Crippen molar-refractivity contribution < 1.29 is 4.74 Å². The van der Waals surface area contributed by atoms with Crippen molar-refractivity contribution in [2.75, 3.05) is 12.8 Å². The van der Waals surface area contributed by atoms with Gasteiger partial charge in [0.2, 0.25) is 0 Å².